The van der Waals surface area contributed by atoms with Crippen molar-refractivity contribution in [2.45, 2.75) is 52.7 Å². The summed E-state index contributed by atoms with van der Waals surface area (Å²) in [5.41, 5.74) is 0.311. The molecule has 0 amide bonds. The van der Waals surface area contributed by atoms with Crippen LogP contribution in [0.25, 0.3) is 0 Å². The molecule has 0 spiro atoms. The lowest BCUT2D eigenvalue weighted by Crippen LogP contribution is -2.60. The number of rotatable bonds is 5. The molecule has 0 aliphatic heterocycles. The molecular formula is C12H25NO. The standard InChI is InChI=1S/C12H25NO/c1-9(2)6-7-13-10-8-11(14-5)12(10,3)4/h9-11,13H,6-8H2,1-5H3. The maximum absolute atomic E-state index is 5.42. The molecule has 0 aromatic carbocycles. The Balaban J connectivity index is 2.22. The van der Waals surface area contributed by atoms with Crippen LogP contribution in [-0.2, 0) is 4.74 Å². The Hall–Kier alpha value is -0.0800. The van der Waals surface area contributed by atoms with Gasteiger partial charge in [0.1, 0.15) is 0 Å². The average Bonchev–Trinajstić information content (AvgIpc) is 2.09. The normalized spacial score (nSPS) is 30.4. The van der Waals surface area contributed by atoms with Crippen molar-refractivity contribution in [2.24, 2.45) is 11.3 Å². The van der Waals surface area contributed by atoms with E-state index in [9.17, 15) is 0 Å². The number of hydrogen-bond donors (Lipinski definition) is 1. The third kappa shape index (κ3) is 2.48. The first-order valence-electron chi connectivity index (χ1n) is 5.74. The molecule has 1 rings (SSSR count). The summed E-state index contributed by atoms with van der Waals surface area (Å²) in [4.78, 5) is 0. The van der Waals surface area contributed by atoms with Crippen molar-refractivity contribution in [3.8, 4) is 0 Å². The minimum Gasteiger partial charge on any atom is -0.381 e. The highest BCUT2D eigenvalue weighted by atomic mass is 16.5. The van der Waals surface area contributed by atoms with Gasteiger partial charge in [-0.05, 0) is 25.3 Å². The van der Waals surface area contributed by atoms with Gasteiger partial charge < -0.3 is 10.1 Å². The monoisotopic (exact) mass is 199 g/mol. The van der Waals surface area contributed by atoms with Crippen molar-refractivity contribution < 1.29 is 4.74 Å². The highest BCUT2D eigenvalue weighted by Crippen LogP contribution is 2.42. The van der Waals surface area contributed by atoms with E-state index >= 15 is 0 Å². The van der Waals surface area contributed by atoms with Gasteiger partial charge >= 0.3 is 0 Å². The molecule has 0 saturated heterocycles. The van der Waals surface area contributed by atoms with Crippen LogP contribution in [-0.4, -0.2) is 25.8 Å². The summed E-state index contributed by atoms with van der Waals surface area (Å²) in [5.74, 6) is 0.795. The van der Waals surface area contributed by atoms with E-state index in [1.165, 1.54) is 12.8 Å². The Bertz CT molecular complexity index is 177. The molecule has 2 atom stereocenters. The molecular weight excluding hydrogens is 174 g/mol. The molecule has 0 bridgehead atoms. The highest BCUT2D eigenvalue weighted by molar-refractivity contribution is 5.02. The zero-order valence-electron chi connectivity index (χ0n) is 10.3. The quantitative estimate of drug-likeness (QED) is 0.734. The van der Waals surface area contributed by atoms with E-state index in [0.29, 0.717) is 17.6 Å². The first kappa shape index (κ1) is 12.0. The molecule has 1 N–H and O–H groups in total. The SMILES string of the molecule is COC1CC(NCCC(C)C)C1(C)C. The van der Waals surface area contributed by atoms with Crippen LogP contribution in [0.15, 0.2) is 0 Å². The van der Waals surface area contributed by atoms with E-state index in [1.807, 2.05) is 7.11 Å². The third-order valence-electron chi connectivity index (χ3n) is 3.57. The van der Waals surface area contributed by atoms with Gasteiger partial charge in [0.2, 0.25) is 0 Å². The number of nitrogens with one attached hydrogen (secondary N) is 1. The van der Waals surface area contributed by atoms with Gasteiger partial charge in [-0.25, -0.2) is 0 Å². The van der Waals surface area contributed by atoms with Crippen LogP contribution in [0.5, 0.6) is 0 Å². The van der Waals surface area contributed by atoms with Crippen molar-refractivity contribution in [1.29, 1.82) is 0 Å². The molecule has 0 radical (unpaired) electrons. The Morgan fingerprint density at radius 1 is 1.43 bits per heavy atom. The molecule has 0 aromatic rings. The Morgan fingerprint density at radius 2 is 2.07 bits per heavy atom. The van der Waals surface area contributed by atoms with Gasteiger partial charge in [0.15, 0.2) is 0 Å². The van der Waals surface area contributed by atoms with Crippen molar-refractivity contribution >= 4 is 0 Å². The summed E-state index contributed by atoms with van der Waals surface area (Å²) in [7, 11) is 1.82. The van der Waals surface area contributed by atoms with Crippen LogP contribution in [0.4, 0.5) is 0 Å². The smallest absolute Gasteiger partial charge is 0.0652 e. The second-order valence-electron chi connectivity index (χ2n) is 5.47. The van der Waals surface area contributed by atoms with Crippen LogP contribution in [0.2, 0.25) is 0 Å². The van der Waals surface area contributed by atoms with Gasteiger partial charge in [0, 0.05) is 18.6 Å². The van der Waals surface area contributed by atoms with E-state index in [0.717, 1.165) is 12.5 Å². The Labute approximate surface area is 88.4 Å². The molecule has 1 aliphatic rings. The molecule has 2 heteroatoms. The highest BCUT2D eigenvalue weighted by Gasteiger charge is 2.47. The zero-order chi connectivity index (χ0) is 10.8. The topological polar surface area (TPSA) is 21.3 Å². The number of hydrogen-bond acceptors (Lipinski definition) is 2. The summed E-state index contributed by atoms with van der Waals surface area (Å²) in [6, 6.07) is 0.645. The van der Waals surface area contributed by atoms with Gasteiger partial charge in [-0.2, -0.15) is 0 Å². The second-order valence-corrected chi connectivity index (χ2v) is 5.47. The molecule has 2 nitrogen and oxygen atoms in total. The van der Waals surface area contributed by atoms with Gasteiger partial charge in [-0.15, -0.1) is 0 Å². The fraction of sp³-hybridized carbons (Fsp3) is 1.00. The summed E-state index contributed by atoms with van der Waals surface area (Å²) >= 11 is 0. The molecule has 0 heterocycles. The molecule has 1 aliphatic carbocycles. The van der Waals surface area contributed by atoms with Crippen molar-refractivity contribution in [3.05, 3.63) is 0 Å². The maximum Gasteiger partial charge on any atom is 0.0652 e. The third-order valence-corrected chi connectivity index (χ3v) is 3.57. The number of methoxy groups -OCH3 is 1. The van der Waals surface area contributed by atoms with Crippen molar-refractivity contribution in [2.75, 3.05) is 13.7 Å². The van der Waals surface area contributed by atoms with Crippen LogP contribution in [0.1, 0.15) is 40.5 Å². The van der Waals surface area contributed by atoms with Crippen molar-refractivity contribution in [1.82, 2.24) is 5.32 Å². The van der Waals surface area contributed by atoms with Gasteiger partial charge in [-0.1, -0.05) is 27.7 Å². The molecule has 1 fully saturated rings. The predicted molar refractivity (Wildman–Crippen MR) is 60.4 cm³/mol. The average molecular weight is 199 g/mol. The fourth-order valence-corrected chi connectivity index (χ4v) is 2.18. The first-order valence-corrected chi connectivity index (χ1v) is 5.74. The van der Waals surface area contributed by atoms with E-state index in [-0.39, 0.29) is 0 Å². The summed E-state index contributed by atoms with van der Waals surface area (Å²) in [5, 5.41) is 3.62. The molecule has 2 unspecified atom stereocenters. The van der Waals surface area contributed by atoms with E-state index in [4.69, 9.17) is 4.74 Å². The van der Waals surface area contributed by atoms with Crippen LogP contribution < -0.4 is 5.32 Å². The second kappa shape index (κ2) is 4.63. The summed E-state index contributed by atoms with van der Waals surface area (Å²) in [6.45, 7) is 10.3. The van der Waals surface area contributed by atoms with E-state index < -0.39 is 0 Å². The number of ether oxygens (including phenoxy) is 1. The lowest BCUT2D eigenvalue weighted by molar-refractivity contribution is -0.0974. The minimum absolute atomic E-state index is 0.311. The first-order chi connectivity index (χ1) is 6.48. The Kier molecular flexibility index (Phi) is 3.96. The predicted octanol–water partition coefficient (Wildman–Crippen LogP) is 2.44. The van der Waals surface area contributed by atoms with Crippen LogP contribution in [0, 0.1) is 11.3 Å². The van der Waals surface area contributed by atoms with Gasteiger partial charge in [0.05, 0.1) is 6.10 Å². The summed E-state index contributed by atoms with van der Waals surface area (Å²) < 4.78 is 5.42. The van der Waals surface area contributed by atoms with Crippen LogP contribution in [0.3, 0.4) is 0 Å². The fourth-order valence-electron chi connectivity index (χ4n) is 2.18. The lowest BCUT2D eigenvalue weighted by Gasteiger charge is -2.51. The molecule has 84 valence electrons. The summed E-state index contributed by atoms with van der Waals surface area (Å²) in [6.07, 6.45) is 2.88. The molecule has 0 aromatic heterocycles. The minimum atomic E-state index is 0.311. The lowest BCUT2D eigenvalue weighted by atomic mass is 9.64. The molecule has 14 heavy (non-hydrogen) atoms. The largest absolute Gasteiger partial charge is 0.381 e. The maximum atomic E-state index is 5.42. The van der Waals surface area contributed by atoms with Gasteiger partial charge in [0.25, 0.3) is 0 Å². The van der Waals surface area contributed by atoms with E-state index in [2.05, 4.69) is 33.0 Å². The van der Waals surface area contributed by atoms with Crippen molar-refractivity contribution in [3.63, 3.8) is 0 Å². The van der Waals surface area contributed by atoms with E-state index in [1.54, 1.807) is 0 Å². The molecule has 1 saturated carbocycles. The Morgan fingerprint density at radius 3 is 2.50 bits per heavy atom. The zero-order valence-corrected chi connectivity index (χ0v) is 10.3. The van der Waals surface area contributed by atoms with Gasteiger partial charge in [-0.3, -0.25) is 0 Å². The van der Waals surface area contributed by atoms with Crippen LogP contribution >= 0.6 is 0 Å².